The molecule has 1 saturated carbocycles. The molecular formula is C52H78ClN5O13S3. The Morgan fingerprint density at radius 2 is 1.74 bits per heavy atom. The fourth-order valence-corrected chi connectivity index (χ4v) is 12.9. The van der Waals surface area contributed by atoms with Gasteiger partial charge in [0.15, 0.2) is 5.72 Å². The molecule has 1 aromatic rings. The molecule has 1 aliphatic carbocycles. The van der Waals surface area contributed by atoms with Crippen LogP contribution in [0.25, 0.3) is 0 Å². The van der Waals surface area contributed by atoms with Gasteiger partial charge in [-0.2, -0.15) is 0 Å². The van der Waals surface area contributed by atoms with E-state index in [1.807, 2.05) is 33.1 Å². The zero-order valence-corrected chi connectivity index (χ0v) is 48.4. The number of anilines is 1. The lowest BCUT2D eigenvalue weighted by Gasteiger charge is -2.42. The number of halogens is 1. The van der Waals surface area contributed by atoms with Crippen LogP contribution >= 0.6 is 45.0 Å². The molecule has 4 aliphatic rings. The molecule has 1 aromatic carbocycles. The van der Waals surface area contributed by atoms with Crippen molar-refractivity contribution in [3.63, 3.8) is 0 Å². The number of rotatable bonds is 17. The molecule has 18 nitrogen and oxygen atoms in total. The van der Waals surface area contributed by atoms with E-state index in [0.29, 0.717) is 37.4 Å². The van der Waals surface area contributed by atoms with E-state index in [1.54, 1.807) is 92.7 Å². The summed E-state index contributed by atoms with van der Waals surface area (Å²) in [6, 6.07) is 2.48. The summed E-state index contributed by atoms with van der Waals surface area (Å²) in [6.45, 7) is 11.5. The van der Waals surface area contributed by atoms with Gasteiger partial charge in [0.25, 0.3) is 0 Å². The molecule has 2 N–H and O–H groups in total. The number of aliphatic hydroxyl groups is 1. The number of methoxy groups -OCH3 is 2. The number of likely N-dealkylation sites (N-methyl/N-ethyl adjacent to an activating group) is 3. The summed E-state index contributed by atoms with van der Waals surface area (Å²) in [5.41, 5.74) is -1.09. The van der Waals surface area contributed by atoms with Crippen molar-refractivity contribution in [2.75, 3.05) is 72.4 Å². The standard InChI is InChI=1S/C52H78ClN5O13S3/c1-31-17-16-20-40(67-12)52(65)29-38(68-48(63)54-52)32(2)46-51(6,71-46)41(28-43(60)58(10)35-26-34(25-31)27-37(66-11)45(35)53)70-47(62)33(3)57(9)42(59)21-22-50(4,5)73-30-44(61)55(7)23-24-56(8)49(64)69-36-18-14-15-19-39(36)74-72-13/h16-17,20,26-27,32-33,36,38-41,46,65H,14-15,18-19,21-25,28-30H2,1-13H3,(H,54,63)/b20-16+,31-17+/t32-,33+,36+,38+,39+,40-,41+,46+,51-,52+/m1/s1. The Bertz CT molecular complexity index is 2260. The fourth-order valence-electron chi connectivity index (χ4n) is 9.41. The van der Waals surface area contributed by atoms with Crippen molar-refractivity contribution in [1.29, 1.82) is 0 Å². The van der Waals surface area contributed by atoms with Gasteiger partial charge in [0, 0.05) is 71.9 Å². The predicted molar refractivity (Wildman–Crippen MR) is 291 cm³/mol. The Hall–Kier alpha value is -3.86. The Morgan fingerprint density at radius 1 is 1.05 bits per heavy atom. The first kappa shape index (κ1) is 61.0. The number of alkyl carbamates (subject to hydrolysis) is 1. The van der Waals surface area contributed by atoms with Crippen molar-refractivity contribution in [1.82, 2.24) is 20.0 Å². The number of ether oxygens (including phenoxy) is 6. The van der Waals surface area contributed by atoms with Crippen molar-refractivity contribution < 1.29 is 62.3 Å². The van der Waals surface area contributed by atoms with Crippen LogP contribution in [-0.2, 0) is 49.3 Å². The lowest BCUT2D eigenvalue weighted by atomic mass is 9.83. The molecular weight excluding hydrogens is 1030 g/mol. The number of hydrogen-bond donors (Lipinski definition) is 2. The van der Waals surface area contributed by atoms with E-state index in [0.717, 1.165) is 36.8 Å². The van der Waals surface area contributed by atoms with E-state index in [1.165, 1.54) is 47.7 Å². The third-order valence-electron chi connectivity index (χ3n) is 14.7. The minimum atomic E-state index is -1.87. The molecule has 0 unspecified atom stereocenters. The summed E-state index contributed by atoms with van der Waals surface area (Å²) >= 11 is 8.25. The second-order valence-corrected chi connectivity index (χ2v) is 25.5. The lowest BCUT2D eigenvalue weighted by molar-refractivity contribution is -0.162. The van der Waals surface area contributed by atoms with Crippen LogP contribution in [0, 0.1) is 5.92 Å². The Labute approximate surface area is 454 Å². The van der Waals surface area contributed by atoms with Gasteiger partial charge < -0.3 is 53.1 Å². The fraction of sp³-hybridized carbons (Fsp3) is 0.692. The van der Waals surface area contributed by atoms with E-state index in [2.05, 4.69) is 5.32 Å². The van der Waals surface area contributed by atoms with Crippen LogP contribution in [0.1, 0.15) is 98.5 Å². The number of fused-ring (bicyclic) bond motifs is 5. The maximum Gasteiger partial charge on any atom is 0.409 e. The number of thioether (sulfide) groups is 1. The summed E-state index contributed by atoms with van der Waals surface area (Å²) < 4.78 is 34.9. The van der Waals surface area contributed by atoms with E-state index in [4.69, 9.17) is 40.0 Å². The number of amides is 5. The number of epoxide rings is 1. The number of allylic oxidation sites excluding steroid dienone is 3. The largest absolute Gasteiger partial charge is 0.495 e. The Kier molecular flexibility index (Phi) is 21.8. The lowest BCUT2D eigenvalue weighted by Crippen LogP contribution is -2.63. The van der Waals surface area contributed by atoms with Gasteiger partial charge in [0.1, 0.15) is 46.8 Å². The topological polar surface area (TPSA) is 206 Å². The quantitative estimate of drug-likeness (QED) is 0.0665. The summed E-state index contributed by atoms with van der Waals surface area (Å²) in [6.07, 6.45) is 6.59. The van der Waals surface area contributed by atoms with Crippen molar-refractivity contribution in [3.05, 3.63) is 46.5 Å². The minimum absolute atomic E-state index is 0.0646. The van der Waals surface area contributed by atoms with Crippen molar-refractivity contribution in [2.45, 2.75) is 157 Å². The molecule has 414 valence electrons. The first-order chi connectivity index (χ1) is 34.8. The van der Waals surface area contributed by atoms with Crippen LogP contribution in [-0.4, -0.2) is 181 Å². The maximum atomic E-state index is 14.4. The summed E-state index contributed by atoms with van der Waals surface area (Å²) in [4.78, 5) is 87.3. The molecule has 3 aliphatic heterocycles. The monoisotopic (exact) mass is 1110 g/mol. The Balaban J connectivity index is 1.24. The Morgan fingerprint density at radius 3 is 2.42 bits per heavy atom. The molecule has 74 heavy (non-hydrogen) atoms. The summed E-state index contributed by atoms with van der Waals surface area (Å²) in [7, 11) is 12.8. The number of benzene rings is 1. The van der Waals surface area contributed by atoms with Crippen LogP contribution in [0.4, 0.5) is 15.3 Å². The van der Waals surface area contributed by atoms with Crippen LogP contribution in [0.5, 0.6) is 5.75 Å². The van der Waals surface area contributed by atoms with Gasteiger partial charge in [0.2, 0.25) is 17.7 Å². The average molecular weight is 1110 g/mol. The molecule has 3 heterocycles. The smallest absolute Gasteiger partial charge is 0.409 e. The summed E-state index contributed by atoms with van der Waals surface area (Å²) in [5, 5.41) is 14.9. The highest BCUT2D eigenvalue weighted by Crippen LogP contribution is 2.49. The van der Waals surface area contributed by atoms with Crippen LogP contribution < -0.4 is 15.0 Å². The molecule has 22 heteroatoms. The molecule has 3 fully saturated rings. The minimum Gasteiger partial charge on any atom is -0.495 e. The number of carbonyl (C=O) groups excluding carboxylic acids is 6. The summed E-state index contributed by atoms with van der Waals surface area (Å²) in [5.74, 6) is -1.77. The maximum absolute atomic E-state index is 14.4. The van der Waals surface area contributed by atoms with E-state index in [9.17, 15) is 33.9 Å². The van der Waals surface area contributed by atoms with Crippen LogP contribution in [0.2, 0.25) is 5.02 Å². The van der Waals surface area contributed by atoms with Crippen molar-refractivity contribution in [2.24, 2.45) is 5.92 Å². The third kappa shape index (κ3) is 15.6. The second kappa shape index (κ2) is 26.5. The number of esters is 1. The average Bonchev–Trinajstić information content (AvgIpc) is 4.06. The van der Waals surface area contributed by atoms with Gasteiger partial charge in [0.05, 0.1) is 36.3 Å². The highest BCUT2D eigenvalue weighted by Gasteiger charge is 2.64. The van der Waals surface area contributed by atoms with E-state index < -0.39 is 76.5 Å². The van der Waals surface area contributed by atoms with Gasteiger partial charge in [-0.25, -0.2) is 14.4 Å². The van der Waals surface area contributed by atoms with Crippen LogP contribution in [0.15, 0.2) is 35.9 Å². The SMILES string of the molecule is COc1cc2cc(c1Cl)N(C)C(=O)C[C@H](OC(=O)[C@H](C)N(C)C(=O)CCC(C)(C)SCC(=O)N(C)CCN(C)C(=O)O[C@H]1CCCC[C@@H]1SSC)[C@@]1(C)O[C@H]1[C@H](C)[C@@H]1C[C@@](O)(NC(=O)O1)[C@H](OC)/C=C/C=C(\C)C2. The predicted octanol–water partition coefficient (Wildman–Crippen LogP) is 7.66. The van der Waals surface area contributed by atoms with Gasteiger partial charge in [-0.3, -0.25) is 19.7 Å². The first-order valence-electron chi connectivity index (χ1n) is 25.1. The molecule has 5 amide bonds. The highest BCUT2D eigenvalue weighted by atomic mass is 35.5. The number of hydrogen-bond acceptors (Lipinski definition) is 16. The van der Waals surface area contributed by atoms with Crippen LogP contribution in [0.3, 0.4) is 0 Å². The van der Waals surface area contributed by atoms with Gasteiger partial charge >= 0.3 is 18.2 Å². The molecule has 0 spiro atoms. The molecule has 2 saturated heterocycles. The number of nitrogens with one attached hydrogen (secondary N) is 1. The molecule has 0 radical (unpaired) electrons. The molecule has 5 rings (SSSR count). The normalized spacial score (nSPS) is 29.0. The number of carbonyl (C=O) groups is 6. The van der Waals surface area contributed by atoms with Crippen molar-refractivity contribution in [3.8, 4) is 5.75 Å². The number of nitrogens with zero attached hydrogens (tertiary/aromatic N) is 4. The van der Waals surface area contributed by atoms with E-state index in [-0.39, 0.29) is 53.2 Å². The zero-order chi connectivity index (χ0) is 54.9. The molecule has 10 atom stereocenters. The second-order valence-electron chi connectivity index (χ2n) is 20.7. The third-order valence-corrected chi connectivity index (χ3v) is 18.7. The highest BCUT2D eigenvalue weighted by molar-refractivity contribution is 8.76. The first-order valence-corrected chi connectivity index (χ1v) is 29.1. The van der Waals surface area contributed by atoms with Crippen molar-refractivity contribution >= 4 is 86.5 Å². The molecule has 0 aromatic heterocycles. The van der Waals surface area contributed by atoms with Gasteiger partial charge in [-0.1, -0.05) is 84.2 Å². The van der Waals surface area contributed by atoms with E-state index >= 15 is 0 Å². The van der Waals surface area contributed by atoms with Gasteiger partial charge in [-0.15, -0.1) is 11.8 Å². The molecule has 4 bridgehead atoms. The van der Waals surface area contributed by atoms with Gasteiger partial charge in [-0.05, 0) is 76.8 Å². The zero-order valence-electron chi connectivity index (χ0n) is 45.2.